The van der Waals surface area contributed by atoms with Gasteiger partial charge in [0.25, 0.3) is 0 Å². The summed E-state index contributed by atoms with van der Waals surface area (Å²) in [5, 5.41) is 2.00. The number of hydrogen-bond donors (Lipinski definition) is 1. The highest BCUT2D eigenvalue weighted by Gasteiger charge is 2.16. The number of likely N-dealkylation sites (N-methyl/N-ethyl adjacent to an activating group) is 2. The van der Waals surface area contributed by atoms with E-state index in [2.05, 4.69) is 35.8 Å². The van der Waals surface area contributed by atoms with Crippen LogP contribution in [0, 0.1) is 0 Å². The van der Waals surface area contributed by atoms with Gasteiger partial charge < -0.3 is 14.8 Å². The molecule has 4 nitrogen and oxygen atoms in total. The second-order valence-electron chi connectivity index (χ2n) is 4.25. The topological polar surface area (TPSA) is 21.8 Å². The van der Waals surface area contributed by atoms with Crippen LogP contribution >= 0.6 is 0 Å². The van der Waals surface area contributed by atoms with Crippen LogP contribution in [0.15, 0.2) is 24.0 Å². The number of rotatable bonds is 4. The largest absolute Gasteiger partial charge is 0.371 e. The van der Waals surface area contributed by atoms with Crippen molar-refractivity contribution in [3.63, 3.8) is 0 Å². The fourth-order valence-electron chi connectivity index (χ4n) is 1.95. The number of allylic oxidation sites excluding steroid dienone is 2. The first-order chi connectivity index (χ1) is 7.60. The van der Waals surface area contributed by atoms with Gasteiger partial charge in [0.15, 0.2) is 0 Å². The highest BCUT2D eigenvalue weighted by atomic mass is 15.5. The van der Waals surface area contributed by atoms with E-state index in [1.165, 1.54) is 5.70 Å². The molecule has 0 aliphatic carbocycles. The van der Waals surface area contributed by atoms with Crippen molar-refractivity contribution in [1.82, 2.24) is 20.2 Å². The third-order valence-electron chi connectivity index (χ3n) is 3.24. The number of nitrogens with zero attached hydrogens (tertiary/aromatic N) is 3. The monoisotopic (exact) mass is 224 g/mol. The van der Waals surface area contributed by atoms with Crippen LogP contribution in [0.2, 0.25) is 0 Å². The molecule has 0 saturated carbocycles. The molecular weight excluding hydrogens is 200 g/mol. The third kappa shape index (κ3) is 3.00. The van der Waals surface area contributed by atoms with Crippen LogP contribution in [-0.4, -0.2) is 62.1 Å². The number of hydrogen-bond acceptors (Lipinski definition) is 4. The molecule has 0 atom stereocenters. The van der Waals surface area contributed by atoms with Gasteiger partial charge in [-0.15, -0.1) is 0 Å². The van der Waals surface area contributed by atoms with Gasteiger partial charge in [-0.3, -0.25) is 0 Å². The Bertz CT molecular complexity index is 264. The van der Waals surface area contributed by atoms with Gasteiger partial charge in [-0.25, -0.2) is 5.43 Å². The molecule has 1 heterocycles. The summed E-state index contributed by atoms with van der Waals surface area (Å²) in [6, 6.07) is 0. The standard InChI is InChI=1S/C12H24N4/c1-6-12(15(5)13-3)11(2)16-9-7-14(4)8-10-16/h6,13H,1,7-10H2,2-5H3/b12-11-. The van der Waals surface area contributed by atoms with E-state index in [0.29, 0.717) is 0 Å². The van der Waals surface area contributed by atoms with Gasteiger partial charge >= 0.3 is 0 Å². The molecule has 1 aliphatic heterocycles. The predicted molar refractivity (Wildman–Crippen MR) is 68.8 cm³/mol. The van der Waals surface area contributed by atoms with Gasteiger partial charge in [0.05, 0.1) is 5.70 Å². The third-order valence-corrected chi connectivity index (χ3v) is 3.24. The second kappa shape index (κ2) is 5.92. The Morgan fingerprint density at radius 1 is 1.31 bits per heavy atom. The van der Waals surface area contributed by atoms with Crippen molar-refractivity contribution in [2.45, 2.75) is 6.92 Å². The van der Waals surface area contributed by atoms with Gasteiger partial charge in [-0.1, -0.05) is 6.58 Å². The SMILES string of the molecule is C=C/C(=C(\C)N1CCN(C)CC1)N(C)NC. The first-order valence-corrected chi connectivity index (χ1v) is 5.78. The van der Waals surface area contributed by atoms with Crippen LogP contribution in [0.5, 0.6) is 0 Å². The maximum absolute atomic E-state index is 3.88. The van der Waals surface area contributed by atoms with Crippen molar-refractivity contribution >= 4 is 0 Å². The summed E-state index contributed by atoms with van der Waals surface area (Å²) in [4.78, 5) is 4.78. The molecule has 0 aromatic carbocycles. The average Bonchev–Trinajstić information content (AvgIpc) is 2.30. The first-order valence-electron chi connectivity index (χ1n) is 5.78. The minimum Gasteiger partial charge on any atom is -0.371 e. The molecule has 1 saturated heterocycles. The van der Waals surface area contributed by atoms with Crippen LogP contribution in [0.1, 0.15) is 6.92 Å². The van der Waals surface area contributed by atoms with E-state index in [-0.39, 0.29) is 0 Å². The Kier molecular flexibility index (Phi) is 4.83. The van der Waals surface area contributed by atoms with Crippen molar-refractivity contribution in [3.05, 3.63) is 24.0 Å². The molecule has 0 aromatic heterocycles. The molecule has 4 heteroatoms. The van der Waals surface area contributed by atoms with E-state index in [0.717, 1.165) is 31.9 Å². The summed E-state index contributed by atoms with van der Waals surface area (Å²) in [6.45, 7) is 10.5. The zero-order valence-corrected chi connectivity index (χ0v) is 11.0. The molecule has 0 bridgehead atoms. The van der Waals surface area contributed by atoms with Crippen molar-refractivity contribution in [2.75, 3.05) is 47.3 Å². The molecule has 1 N–H and O–H groups in total. The Labute approximate surface area is 99.2 Å². The Morgan fingerprint density at radius 2 is 1.88 bits per heavy atom. The van der Waals surface area contributed by atoms with Crippen LogP contribution in [-0.2, 0) is 0 Å². The molecule has 0 amide bonds. The molecule has 0 radical (unpaired) electrons. The fraction of sp³-hybridized carbons (Fsp3) is 0.667. The summed E-state index contributed by atoms with van der Waals surface area (Å²) in [6.07, 6.45) is 1.91. The van der Waals surface area contributed by atoms with Gasteiger partial charge in [0, 0.05) is 46.0 Å². The van der Waals surface area contributed by atoms with Crippen molar-refractivity contribution in [2.24, 2.45) is 0 Å². The van der Waals surface area contributed by atoms with Crippen molar-refractivity contribution in [1.29, 1.82) is 0 Å². The fourth-order valence-corrected chi connectivity index (χ4v) is 1.95. The summed E-state index contributed by atoms with van der Waals surface area (Å²) >= 11 is 0. The lowest BCUT2D eigenvalue weighted by Gasteiger charge is -2.36. The maximum atomic E-state index is 3.88. The van der Waals surface area contributed by atoms with Gasteiger partial charge in [0.1, 0.15) is 0 Å². The lowest BCUT2D eigenvalue weighted by atomic mass is 10.2. The molecule has 1 fully saturated rings. The number of hydrazine groups is 1. The Morgan fingerprint density at radius 3 is 2.31 bits per heavy atom. The van der Waals surface area contributed by atoms with E-state index in [1.54, 1.807) is 0 Å². The van der Waals surface area contributed by atoms with E-state index < -0.39 is 0 Å². The summed E-state index contributed by atoms with van der Waals surface area (Å²) in [5.74, 6) is 0. The Hall–Kier alpha value is -1.00. The quantitative estimate of drug-likeness (QED) is 0.561. The lowest BCUT2D eigenvalue weighted by molar-refractivity contribution is 0.180. The van der Waals surface area contributed by atoms with Crippen molar-refractivity contribution in [3.8, 4) is 0 Å². The van der Waals surface area contributed by atoms with E-state index in [9.17, 15) is 0 Å². The van der Waals surface area contributed by atoms with Gasteiger partial charge in [-0.05, 0) is 20.0 Å². The smallest absolute Gasteiger partial charge is 0.0698 e. The number of piperazine rings is 1. The van der Waals surface area contributed by atoms with Gasteiger partial charge in [-0.2, -0.15) is 0 Å². The number of nitrogens with one attached hydrogen (secondary N) is 1. The molecule has 16 heavy (non-hydrogen) atoms. The van der Waals surface area contributed by atoms with E-state index >= 15 is 0 Å². The summed E-state index contributed by atoms with van der Waals surface area (Å²) in [5.41, 5.74) is 5.55. The average molecular weight is 224 g/mol. The maximum Gasteiger partial charge on any atom is 0.0698 e. The molecule has 0 unspecified atom stereocenters. The Balaban J connectivity index is 2.76. The van der Waals surface area contributed by atoms with E-state index in [1.807, 2.05) is 25.2 Å². The second-order valence-corrected chi connectivity index (χ2v) is 4.25. The normalized spacial score (nSPS) is 19.4. The summed E-state index contributed by atoms with van der Waals surface area (Å²) in [7, 11) is 6.10. The minimum absolute atomic E-state index is 1.09. The molecule has 0 spiro atoms. The molecule has 1 aliphatic rings. The van der Waals surface area contributed by atoms with Crippen LogP contribution < -0.4 is 5.43 Å². The van der Waals surface area contributed by atoms with E-state index in [4.69, 9.17) is 0 Å². The molecular formula is C12H24N4. The van der Waals surface area contributed by atoms with Crippen LogP contribution in [0.4, 0.5) is 0 Å². The zero-order chi connectivity index (χ0) is 12.1. The minimum atomic E-state index is 1.09. The van der Waals surface area contributed by atoms with Crippen molar-refractivity contribution < 1.29 is 0 Å². The van der Waals surface area contributed by atoms with Crippen LogP contribution in [0.25, 0.3) is 0 Å². The molecule has 0 aromatic rings. The zero-order valence-electron chi connectivity index (χ0n) is 11.0. The van der Waals surface area contributed by atoms with Crippen LogP contribution in [0.3, 0.4) is 0 Å². The van der Waals surface area contributed by atoms with Gasteiger partial charge in [0.2, 0.25) is 0 Å². The lowest BCUT2D eigenvalue weighted by Crippen LogP contribution is -2.44. The predicted octanol–water partition coefficient (Wildman–Crippen LogP) is 0.718. The molecule has 1 rings (SSSR count). The highest BCUT2D eigenvalue weighted by Crippen LogP contribution is 2.14. The summed E-state index contributed by atoms with van der Waals surface area (Å²) < 4.78 is 0. The highest BCUT2D eigenvalue weighted by molar-refractivity contribution is 5.20. The first kappa shape index (κ1) is 13.1. The molecule has 92 valence electrons.